The second kappa shape index (κ2) is 6.51. The maximum absolute atomic E-state index is 13.3. The van der Waals surface area contributed by atoms with Crippen LogP contribution in [0.4, 0.5) is 17.6 Å². The van der Waals surface area contributed by atoms with Crippen molar-refractivity contribution in [3.8, 4) is 0 Å². The number of benzene rings is 1. The summed E-state index contributed by atoms with van der Waals surface area (Å²) >= 11 is 0. The fraction of sp³-hybridized carbons (Fsp3) is 0.417. The second-order valence-electron chi connectivity index (χ2n) is 3.65. The molecule has 0 aliphatic carbocycles. The average Bonchev–Trinajstić information content (AvgIpc) is 2.33. The molecule has 0 saturated heterocycles. The normalized spacial score (nSPS) is 11.4. The van der Waals surface area contributed by atoms with Crippen LogP contribution in [-0.2, 0) is 10.9 Å². The molecule has 1 rings (SSSR count). The molecule has 0 spiro atoms. The van der Waals surface area contributed by atoms with Crippen molar-refractivity contribution in [1.82, 2.24) is 5.32 Å². The summed E-state index contributed by atoms with van der Waals surface area (Å²) in [4.78, 5) is 11.5. The molecule has 1 amide bonds. The van der Waals surface area contributed by atoms with Gasteiger partial charge < -0.3 is 10.1 Å². The van der Waals surface area contributed by atoms with E-state index in [0.29, 0.717) is 24.8 Å². The van der Waals surface area contributed by atoms with Crippen LogP contribution < -0.4 is 5.32 Å². The van der Waals surface area contributed by atoms with E-state index in [9.17, 15) is 22.4 Å². The first-order valence-electron chi connectivity index (χ1n) is 5.59. The van der Waals surface area contributed by atoms with Gasteiger partial charge in [0.25, 0.3) is 5.91 Å². The Morgan fingerprint density at radius 1 is 1.37 bits per heavy atom. The monoisotopic (exact) mass is 279 g/mol. The van der Waals surface area contributed by atoms with Crippen LogP contribution in [0.25, 0.3) is 0 Å². The van der Waals surface area contributed by atoms with Crippen molar-refractivity contribution in [2.45, 2.75) is 13.1 Å². The number of amides is 1. The molecule has 0 aromatic heterocycles. The summed E-state index contributed by atoms with van der Waals surface area (Å²) in [6, 6.07) is 1.71. The number of nitrogens with one attached hydrogen (secondary N) is 1. The van der Waals surface area contributed by atoms with Gasteiger partial charge in [0.2, 0.25) is 0 Å². The van der Waals surface area contributed by atoms with Gasteiger partial charge in [-0.1, -0.05) is 0 Å². The van der Waals surface area contributed by atoms with Crippen LogP contribution >= 0.6 is 0 Å². The van der Waals surface area contributed by atoms with Crippen LogP contribution in [0.15, 0.2) is 18.2 Å². The number of hydrogen-bond donors (Lipinski definition) is 1. The molecule has 1 aromatic carbocycles. The second-order valence-corrected chi connectivity index (χ2v) is 3.65. The summed E-state index contributed by atoms with van der Waals surface area (Å²) in [6.07, 6.45) is -4.62. The molecule has 7 heteroatoms. The van der Waals surface area contributed by atoms with E-state index in [0.717, 1.165) is 0 Å². The van der Waals surface area contributed by atoms with E-state index in [1.807, 2.05) is 0 Å². The van der Waals surface area contributed by atoms with Gasteiger partial charge in [0, 0.05) is 13.2 Å². The third kappa shape index (κ3) is 4.51. The molecule has 1 N–H and O–H groups in total. The van der Waals surface area contributed by atoms with Crippen LogP contribution in [-0.4, -0.2) is 25.7 Å². The van der Waals surface area contributed by atoms with E-state index in [1.165, 1.54) is 0 Å². The molecule has 0 unspecified atom stereocenters. The Hall–Kier alpha value is -1.63. The third-order valence-corrected chi connectivity index (χ3v) is 2.27. The molecule has 0 aliphatic heterocycles. The highest BCUT2D eigenvalue weighted by molar-refractivity contribution is 5.94. The van der Waals surface area contributed by atoms with E-state index < -0.39 is 29.0 Å². The maximum Gasteiger partial charge on any atom is 0.416 e. The predicted octanol–water partition coefficient (Wildman–Crippen LogP) is 2.61. The molecular formula is C12H13F4NO2. The zero-order chi connectivity index (χ0) is 14.5. The zero-order valence-electron chi connectivity index (χ0n) is 10.2. The predicted molar refractivity (Wildman–Crippen MR) is 60.2 cm³/mol. The van der Waals surface area contributed by atoms with Gasteiger partial charge in [-0.2, -0.15) is 13.2 Å². The molecule has 0 aliphatic rings. The topological polar surface area (TPSA) is 38.3 Å². The fourth-order valence-electron chi connectivity index (χ4n) is 1.35. The van der Waals surface area contributed by atoms with Crippen LogP contribution in [0, 0.1) is 5.82 Å². The molecule has 3 nitrogen and oxygen atoms in total. The number of ether oxygens (including phenoxy) is 1. The minimum atomic E-state index is -4.62. The summed E-state index contributed by atoms with van der Waals surface area (Å²) in [5.41, 5.74) is -1.70. The van der Waals surface area contributed by atoms with Gasteiger partial charge >= 0.3 is 6.18 Å². The van der Waals surface area contributed by atoms with Gasteiger partial charge in [0.1, 0.15) is 5.82 Å². The molecular weight excluding hydrogens is 266 g/mol. The van der Waals surface area contributed by atoms with Crippen LogP contribution in [0.3, 0.4) is 0 Å². The molecule has 19 heavy (non-hydrogen) atoms. The van der Waals surface area contributed by atoms with Crippen molar-refractivity contribution >= 4 is 5.91 Å². The number of alkyl halides is 3. The SMILES string of the molecule is CCOCCNC(=O)c1cc(C(F)(F)F)ccc1F. The molecule has 0 atom stereocenters. The van der Waals surface area contributed by atoms with Gasteiger partial charge in [0.05, 0.1) is 17.7 Å². The molecule has 106 valence electrons. The van der Waals surface area contributed by atoms with E-state index in [2.05, 4.69) is 5.32 Å². The molecule has 0 fully saturated rings. The zero-order valence-corrected chi connectivity index (χ0v) is 10.2. The van der Waals surface area contributed by atoms with Crippen LogP contribution in [0.5, 0.6) is 0 Å². The minimum absolute atomic E-state index is 0.0996. The Morgan fingerprint density at radius 2 is 2.05 bits per heavy atom. The lowest BCUT2D eigenvalue weighted by Gasteiger charge is -2.10. The van der Waals surface area contributed by atoms with E-state index in [1.54, 1.807) is 6.92 Å². The standard InChI is InChI=1S/C12H13F4NO2/c1-2-19-6-5-17-11(18)9-7-8(12(14,15)16)3-4-10(9)13/h3-4,7H,2,5-6H2,1H3,(H,17,18). The first-order valence-corrected chi connectivity index (χ1v) is 5.59. The van der Waals surface area contributed by atoms with Gasteiger partial charge in [-0.05, 0) is 25.1 Å². The summed E-state index contributed by atoms with van der Waals surface area (Å²) in [6.45, 7) is 2.52. The van der Waals surface area contributed by atoms with Crippen molar-refractivity contribution < 1.29 is 27.1 Å². The van der Waals surface area contributed by atoms with E-state index in [4.69, 9.17) is 4.74 Å². The van der Waals surface area contributed by atoms with Gasteiger partial charge in [-0.3, -0.25) is 4.79 Å². The molecule has 0 bridgehead atoms. The van der Waals surface area contributed by atoms with Crippen molar-refractivity contribution in [2.24, 2.45) is 0 Å². The minimum Gasteiger partial charge on any atom is -0.380 e. The quantitative estimate of drug-likeness (QED) is 0.664. The number of rotatable bonds is 5. The smallest absolute Gasteiger partial charge is 0.380 e. The Kier molecular flexibility index (Phi) is 5.29. The number of halogens is 4. The summed E-state index contributed by atoms with van der Waals surface area (Å²) in [5, 5.41) is 2.28. The van der Waals surface area contributed by atoms with Crippen LogP contribution in [0.2, 0.25) is 0 Å². The highest BCUT2D eigenvalue weighted by Crippen LogP contribution is 2.30. The van der Waals surface area contributed by atoms with Gasteiger partial charge in [-0.15, -0.1) is 0 Å². The molecule has 0 saturated carbocycles. The molecule has 0 heterocycles. The highest BCUT2D eigenvalue weighted by Gasteiger charge is 2.31. The Bertz CT molecular complexity index is 446. The first kappa shape index (κ1) is 15.4. The van der Waals surface area contributed by atoms with Crippen molar-refractivity contribution in [3.63, 3.8) is 0 Å². The summed E-state index contributed by atoms with van der Waals surface area (Å²) < 4.78 is 55.6. The van der Waals surface area contributed by atoms with Crippen molar-refractivity contribution in [1.29, 1.82) is 0 Å². The molecule has 0 radical (unpaired) electrons. The average molecular weight is 279 g/mol. The Morgan fingerprint density at radius 3 is 2.63 bits per heavy atom. The van der Waals surface area contributed by atoms with E-state index >= 15 is 0 Å². The fourth-order valence-corrected chi connectivity index (χ4v) is 1.35. The first-order chi connectivity index (χ1) is 8.86. The lowest BCUT2D eigenvalue weighted by molar-refractivity contribution is -0.137. The van der Waals surface area contributed by atoms with E-state index in [-0.39, 0.29) is 13.2 Å². The Labute approximate surface area is 107 Å². The third-order valence-electron chi connectivity index (χ3n) is 2.27. The number of carbonyl (C=O) groups is 1. The van der Waals surface area contributed by atoms with Crippen molar-refractivity contribution in [3.05, 3.63) is 35.1 Å². The lowest BCUT2D eigenvalue weighted by atomic mass is 10.1. The summed E-state index contributed by atoms with van der Waals surface area (Å²) in [5.74, 6) is -1.90. The summed E-state index contributed by atoms with van der Waals surface area (Å²) in [7, 11) is 0. The lowest BCUT2D eigenvalue weighted by Crippen LogP contribution is -2.28. The Balaban J connectivity index is 2.78. The number of hydrogen-bond acceptors (Lipinski definition) is 2. The largest absolute Gasteiger partial charge is 0.416 e. The highest BCUT2D eigenvalue weighted by atomic mass is 19.4. The maximum atomic E-state index is 13.3. The molecule has 1 aromatic rings. The van der Waals surface area contributed by atoms with Gasteiger partial charge in [-0.25, -0.2) is 4.39 Å². The van der Waals surface area contributed by atoms with Crippen LogP contribution in [0.1, 0.15) is 22.8 Å². The van der Waals surface area contributed by atoms with Crippen molar-refractivity contribution in [2.75, 3.05) is 19.8 Å². The number of carbonyl (C=O) groups excluding carboxylic acids is 1. The van der Waals surface area contributed by atoms with Gasteiger partial charge in [0.15, 0.2) is 0 Å².